The third-order valence-electron chi connectivity index (χ3n) is 4.77. The first kappa shape index (κ1) is 14.8. The summed E-state index contributed by atoms with van der Waals surface area (Å²) in [6.45, 7) is 5.11. The predicted octanol–water partition coefficient (Wildman–Crippen LogP) is 1.51. The highest BCUT2D eigenvalue weighted by molar-refractivity contribution is 5.86. The van der Waals surface area contributed by atoms with Gasteiger partial charge in [-0.3, -0.25) is 4.79 Å². The first-order chi connectivity index (χ1) is 9.18. The maximum absolute atomic E-state index is 12.5. The molecule has 0 saturated carbocycles. The van der Waals surface area contributed by atoms with Crippen LogP contribution in [0.4, 0.5) is 0 Å². The molecule has 0 bridgehead atoms. The molecule has 110 valence electrons. The second-order valence-corrected chi connectivity index (χ2v) is 6.20. The van der Waals surface area contributed by atoms with Crippen molar-refractivity contribution in [2.24, 2.45) is 0 Å². The zero-order valence-electron chi connectivity index (χ0n) is 12.5. The minimum absolute atomic E-state index is 0.228. The maximum Gasteiger partial charge on any atom is 0.240 e. The van der Waals surface area contributed by atoms with Gasteiger partial charge >= 0.3 is 0 Å². The quantitative estimate of drug-likeness (QED) is 0.793. The Labute approximate surface area is 117 Å². The van der Waals surface area contributed by atoms with E-state index in [0.29, 0.717) is 6.04 Å². The molecule has 0 spiro atoms. The lowest BCUT2D eigenvalue weighted by Crippen LogP contribution is -2.56. The van der Waals surface area contributed by atoms with Crippen LogP contribution in [0.25, 0.3) is 0 Å². The number of rotatable bonds is 5. The summed E-state index contributed by atoms with van der Waals surface area (Å²) in [5.41, 5.74) is -0.276. The van der Waals surface area contributed by atoms with Gasteiger partial charge in [0, 0.05) is 12.6 Å². The second kappa shape index (κ2) is 6.71. The Bertz CT molecular complexity index is 300. The van der Waals surface area contributed by atoms with Crippen LogP contribution >= 0.6 is 0 Å². The first-order valence-corrected chi connectivity index (χ1v) is 7.91. The Morgan fingerprint density at radius 2 is 2.26 bits per heavy atom. The fourth-order valence-corrected chi connectivity index (χ4v) is 3.54. The molecule has 2 fully saturated rings. The standard InChI is InChI=1S/C15H29N3O/c1-3-8-15(9-6-10-17-15)14(19)16-12-13-7-4-5-11-18(13)2/h13,17H,3-12H2,1-2H3,(H,16,19). The van der Waals surface area contributed by atoms with Crippen LogP contribution in [-0.4, -0.2) is 49.1 Å². The van der Waals surface area contributed by atoms with E-state index >= 15 is 0 Å². The minimum Gasteiger partial charge on any atom is -0.353 e. The van der Waals surface area contributed by atoms with Crippen molar-refractivity contribution in [2.45, 2.75) is 63.5 Å². The van der Waals surface area contributed by atoms with E-state index in [1.54, 1.807) is 0 Å². The van der Waals surface area contributed by atoms with Gasteiger partial charge in [-0.25, -0.2) is 0 Å². The van der Waals surface area contributed by atoms with Gasteiger partial charge in [-0.05, 0) is 52.2 Å². The highest BCUT2D eigenvalue weighted by Gasteiger charge is 2.39. The zero-order chi connectivity index (χ0) is 13.7. The molecule has 2 heterocycles. The molecule has 19 heavy (non-hydrogen) atoms. The summed E-state index contributed by atoms with van der Waals surface area (Å²) in [7, 11) is 2.17. The Morgan fingerprint density at radius 3 is 2.89 bits per heavy atom. The zero-order valence-corrected chi connectivity index (χ0v) is 12.5. The number of carbonyl (C=O) groups excluding carboxylic acids is 1. The summed E-state index contributed by atoms with van der Waals surface area (Å²) in [4.78, 5) is 14.9. The lowest BCUT2D eigenvalue weighted by atomic mass is 9.90. The number of likely N-dealkylation sites (N-methyl/N-ethyl adjacent to an activating group) is 1. The Hall–Kier alpha value is -0.610. The molecular weight excluding hydrogens is 238 g/mol. The van der Waals surface area contributed by atoms with Crippen LogP contribution in [0, 0.1) is 0 Å². The molecule has 1 amide bonds. The SMILES string of the molecule is CCCC1(C(=O)NCC2CCCCN2C)CCCN1. The van der Waals surface area contributed by atoms with Gasteiger partial charge in [0.25, 0.3) is 0 Å². The summed E-state index contributed by atoms with van der Waals surface area (Å²) in [5.74, 6) is 0.228. The fourth-order valence-electron chi connectivity index (χ4n) is 3.54. The summed E-state index contributed by atoms with van der Waals surface area (Å²) in [5, 5.41) is 6.65. The molecule has 0 aromatic rings. The normalized spacial score (nSPS) is 32.4. The summed E-state index contributed by atoms with van der Waals surface area (Å²) in [6, 6.07) is 0.526. The van der Waals surface area contributed by atoms with Gasteiger partial charge in [-0.2, -0.15) is 0 Å². The molecule has 2 saturated heterocycles. The van der Waals surface area contributed by atoms with Gasteiger partial charge in [0.05, 0.1) is 5.54 Å². The highest BCUT2D eigenvalue weighted by atomic mass is 16.2. The van der Waals surface area contributed by atoms with E-state index in [4.69, 9.17) is 0 Å². The fraction of sp³-hybridized carbons (Fsp3) is 0.933. The number of amides is 1. The maximum atomic E-state index is 12.5. The van der Waals surface area contributed by atoms with E-state index in [2.05, 4.69) is 29.5 Å². The van der Waals surface area contributed by atoms with Gasteiger partial charge in [-0.1, -0.05) is 19.8 Å². The summed E-state index contributed by atoms with van der Waals surface area (Å²) >= 11 is 0. The van der Waals surface area contributed by atoms with Crippen LogP contribution < -0.4 is 10.6 Å². The van der Waals surface area contributed by atoms with Gasteiger partial charge in [0.15, 0.2) is 0 Å². The van der Waals surface area contributed by atoms with Gasteiger partial charge < -0.3 is 15.5 Å². The number of hydrogen-bond donors (Lipinski definition) is 2. The molecule has 0 aromatic heterocycles. The largest absolute Gasteiger partial charge is 0.353 e. The van der Waals surface area contributed by atoms with Crippen molar-refractivity contribution in [1.82, 2.24) is 15.5 Å². The average molecular weight is 267 g/mol. The molecule has 0 aromatic carbocycles. The molecule has 2 unspecified atom stereocenters. The van der Waals surface area contributed by atoms with E-state index in [1.165, 1.54) is 25.8 Å². The first-order valence-electron chi connectivity index (χ1n) is 7.91. The Balaban J connectivity index is 1.85. The average Bonchev–Trinajstić information content (AvgIpc) is 2.88. The van der Waals surface area contributed by atoms with Crippen molar-refractivity contribution in [1.29, 1.82) is 0 Å². The van der Waals surface area contributed by atoms with E-state index in [-0.39, 0.29) is 11.4 Å². The van der Waals surface area contributed by atoms with Crippen LogP contribution in [0.1, 0.15) is 51.9 Å². The molecule has 2 aliphatic heterocycles. The van der Waals surface area contributed by atoms with Crippen LogP contribution in [0.5, 0.6) is 0 Å². The second-order valence-electron chi connectivity index (χ2n) is 6.20. The summed E-state index contributed by atoms with van der Waals surface area (Å²) < 4.78 is 0. The summed E-state index contributed by atoms with van der Waals surface area (Å²) in [6.07, 6.45) is 7.93. The van der Waals surface area contributed by atoms with Crippen molar-refractivity contribution >= 4 is 5.91 Å². The van der Waals surface area contributed by atoms with Crippen molar-refractivity contribution in [3.8, 4) is 0 Å². The molecule has 0 radical (unpaired) electrons. The van der Waals surface area contributed by atoms with Crippen LogP contribution in [0.3, 0.4) is 0 Å². The molecule has 2 rings (SSSR count). The molecule has 2 aliphatic rings. The topological polar surface area (TPSA) is 44.4 Å². The van der Waals surface area contributed by atoms with Gasteiger partial charge in [-0.15, -0.1) is 0 Å². The van der Waals surface area contributed by atoms with E-state index in [9.17, 15) is 4.79 Å². The Morgan fingerprint density at radius 1 is 1.42 bits per heavy atom. The van der Waals surface area contributed by atoms with E-state index < -0.39 is 0 Å². The molecule has 4 nitrogen and oxygen atoms in total. The van der Waals surface area contributed by atoms with Crippen molar-refractivity contribution < 1.29 is 4.79 Å². The molecule has 2 atom stereocenters. The number of piperidine rings is 1. The third-order valence-corrected chi connectivity index (χ3v) is 4.77. The Kier molecular flexibility index (Phi) is 5.22. The van der Waals surface area contributed by atoms with Gasteiger partial charge in [0.2, 0.25) is 5.91 Å². The van der Waals surface area contributed by atoms with E-state index in [0.717, 1.165) is 38.8 Å². The monoisotopic (exact) mass is 267 g/mol. The lowest BCUT2D eigenvalue weighted by molar-refractivity contribution is -0.127. The third kappa shape index (κ3) is 3.48. The number of hydrogen-bond acceptors (Lipinski definition) is 3. The molecule has 0 aliphatic carbocycles. The number of likely N-dealkylation sites (tertiary alicyclic amines) is 1. The van der Waals surface area contributed by atoms with Gasteiger partial charge in [0.1, 0.15) is 0 Å². The molecular formula is C15H29N3O. The number of carbonyl (C=O) groups is 1. The van der Waals surface area contributed by atoms with Crippen LogP contribution in [-0.2, 0) is 4.79 Å². The predicted molar refractivity (Wildman–Crippen MR) is 78.2 cm³/mol. The number of nitrogens with zero attached hydrogens (tertiary/aromatic N) is 1. The van der Waals surface area contributed by atoms with Crippen molar-refractivity contribution in [3.05, 3.63) is 0 Å². The van der Waals surface area contributed by atoms with Crippen LogP contribution in [0.2, 0.25) is 0 Å². The smallest absolute Gasteiger partial charge is 0.240 e. The minimum atomic E-state index is -0.276. The molecule has 4 heteroatoms. The van der Waals surface area contributed by atoms with Crippen molar-refractivity contribution in [3.63, 3.8) is 0 Å². The highest BCUT2D eigenvalue weighted by Crippen LogP contribution is 2.25. The van der Waals surface area contributed by atoms with Crippen molar-refractivity contribution in [2.75, 3.05) is 26.7 Å². The molecule has 2 N–H and O–H groups in total. The van der Waals surface area contributed by atoms with Crippen LogP contribution in [0.15, 0.2) is 0 Å². The van der Waals surface area contributed by atoms with E-state index in [1.807, 2.05) is 0 Å². The number of nitrogens with one attached hydrogen (secondary N) is 2. The lowest BCUT2D eigenvalue weighted by Gasteiger charge is -2.34.